The standard InChI is InChI=1S/C14H21N5OS/c1-10(11(2)19-7-5-6-16-19)15-8-13-9-21-14(17-13)18(4)12(3)20/h5-7,9-11,15H,8H2,1-4H3/t10-,11-/m0/s1. The van der Waals surface area contributed by atoms with Crippen molar-refractivity contribution in [1.29, 1.82) is 0 Å². The van der Waals surface area contributed by atoms with Gasteiger partial charge in [-0.3, -0.25) is 14.4 Å². The van der Waals surface area contributed by atoms with E-state index >= 15 is 0 Å². The summed E-state index contributed by atoms with van der Waals surface area (Å²) in [7, 11) is 1.74. The van der Waals surface area contributed by atoms with Crippen molar-refractivity contribution in [3.8, 4) is 0 Å². The first-order valence-electron chi connectivity index (χ1n) is 6.90. The fourth-order valence-electron chi connectivity index (χ4n) is 1.85. The minimum Gasteiger partial charge on any atom is -0.306 e. The summed E-state index contributed by atoms with van der Waals surface area (Å²) in [5.41, 5.74) is 0.947. The molecule has 2 rings (SSSR count). The number of amides is 1. The van der Waals surface area contributed by atoms with Crippen LogP contribution in [0.2, 0.25) is 0 Å². The number of carbonyl (C=O) groups excluding carboxylic acids is 1. The first kappa shape index (κ1) is 15.7. The number of nitrogens with zero attached hydrogens (tertiary/aromatic N) is 4. The number of carbonyl (C=O) groups is 1. The Balaban J connectivity index is 1.90. The third-order valence-electron chi connectivity index (χ3n) is 3.57. The molecule has 114 valence electrons. The van der Waals surface area contributed by atoms with Crippen molar-refractivity contribution in [1.82, 2.24) is 20.1 Å². The summed E-state index contributed by atoms with van der Waals surface area (Å²) in [4.78, 5) is 17.3. The lowest BCUT2D eigenvalue weighted by molar-refractivity contribution is -0.116. The highest BCUT2D eigenvalue weighted by Gasteiger charge is 2.15. The van der Waals surface area contributed by atoms with Crippen molar-refractivity contribution in [2.45, 2.75) is 39.4 Å². The Kier molecular flexibility index (Phi) is 5.08. The molecule has 21 heavy (non-hydrogen) atoms. The zero-order valence-corrected chi connectivity index (χ0v) is 13.6. The largest absolute Gasteiger partial charge is 0.306 e. The van der Waals surface area contributed by atoms with E-state index in [9.17, 15) is 4.79 Å². The molecule has 0 aliphatic carbocycles. The van der Waals surface area contributed by atoms with Crippen molar-refractivity contribution in [2.24, 2.45) is 0 Å². The number of thiazole rings is 1. The number of nitrogens with one attached hydrogen (secondary N) is 1. The molecule has 0 aliphatic heterocycles. The van der Waals surface area contributed by atoms with Gasteiger partial charge in [-0.1, -0.05) is 0 Å². The third kappa shape index (κ3) is 3.89. The van der Waals surface area contributed by atoms with Gasteiger partial charge in [0.2, 0.25) is 5.91 Å². The average molecular weight is 307 g/mol. The topological polar surface area (TPSA) is 63.1 Å². The highest BCUT2D eigenvalue weighted by molar-refractivity contribution is 7.14. The van der Waals surface area contributed by atoms with Crippen LogP contribution >= 0.6 is 11.3 Å². The maximum atomic E-state index is 11.3. The fraction of sp³-hybridized carbons (Fsp3) is 0.500. The summed E-state index contributed by atoms with van der Waals surface area (Å²) in [5, 5.41) is 10.4. The highest BCUT2D eigenvalue weighted by atomic mass is 32.1. The molecule has 0 bridgehead atoms. The highest BCUT2D eigenvalue weighted by Crippen LogP contribution is 2.19. The molecule has 6 nitrogen and oxygen atoms in total. The molecule has 1 N–H and O–H groups in total. The molecule has 0 spiro atoms. The molecule has 7 heteroatoms. The van der Waals surface area contributed by atoms with Crippen molar-refractivity contribution >= 4 is 22.4 Å². The van der Waals surface area contributed by atoms with Crippen LogP contribution in [-0.4, -0.2) is 33.8 Å². The number of rotatable bonds is 6. The van der Waals surface area contributed by atoms with Gasteiger partial charge >= 0.3 is 0 Å². The van der Waals surface area contributed by atoms with Gasteiger partial charge in [0.05, 0.1) is 11.7 Å². The van der Waals surface area contributed by atoms with E-state index in [1.165, 1.54) is 18.3 Å². The molecule has 2 atom stereocenters. The van der Waals surface area contributed by atoms with E-state index < -0.39 is 0 Å². The monoisotopic (exact) mass is 307 g/mol. The fourth-order valence-corrected chi connectivity index (χ4v) is 2.69. The maximum Gasteiger partial charge on any atom is 0.225 e. The van der Waals surface area contributed by atoms with Gasteiger partial charge in [0.15, 0.2) is 5.13 Å². The van der Waals surface area contributed by atoms with E-state index in [2.05, 4.69) is 29.2 Å². The van der Waals surface area contributed by atoms with Gasteiger partial charge in [-0.05, 0) is 19.9 Å². The predicted molar refractivity (Wildman–Crippen MR) is 84.4 cm³/mol. The van der Waals surface area contributed by atoms with Gasteiger partial charge in [0, 0.05) is 44.3 Å². The van der Waals surface area contributed by atoms with Crippen molar-refractivity contribution in [3.05, 3.63) is 29.5 Å². The minimum absolute atomic E-state index is 0.00969. The number of hydrogen-bond donors (Lipinski definition) is 1. The van der Waals surface area contributed by atoms with Crippen LogP contribution in [0.3, 0.4) is 0 Å². The van der Waals surface area contributed by atoms with Crippen molar-refractivity contribution in [3.63, 3.8) is 0 Å². The molecular formula is C14H21N5OS. The number of aromatic nitrogens is 3. The lowest BCUT2D eigenvalue weighted by Gasteiger charge is -2.21. The van der Waals surface area contributed by atoms with Crippen LogP contribution in [0.25, 0.3) is 0 Å². The molecular weight excluding hydrogens is 286 g/mol. The van der Waals surface area contributed by atoms with E-state index in [0.29, 0.717) is 6.54 Å². The van der Waals surface area contributed by atoms with Crippen LogP contribution < -0.4 is 10.2 Å². The summed E-state index contributed by atoms with van der Waals surface area (Å²) < 4.78 is 1.94. The molecule has 0 unspecified atom stereocenters. The third-order valence-corrected chi connectivity index (χ3v) is 4.54. The Morgan fingerprint density at radius 1 is 1.52 bits per heavy atom. The quantitative estimate of drug-likeness (QED) is 0.887. The molecule has 2 aromatic rings. The Labute approximate surface area is 128 Å². The van der Waals surface area contributed by atoms with Gasteiger partial charge in [-0.2, -0.15) is 5.10 Å². The Hall–Kier alpha value is -1.73. The predicted octanol–water partition coefficient (Wildman–Crippen LogP) is 2.06. The molecule has 2 aromatic heterocycles. The number of anilines is 1. The molecule has 0 saturated heterocycles. The van der Waals surface area contributed by atoms with Crippen LogP contribution in [0.1, 0.15) is 32.5 Å². The van der Waals surface area contributed by atoms with Crippen LogP contribution in [-0.2, 0) is 11.3 Å². The van der Waals surface area contributed by atoms with Crippen LogP contribution in [0.4, 0.5) is 5.13 Å². The smallest absolute Gasteiger partial charge is 0.225 e. The van der Waals surface area contributed by atoms with E-state index in [-0.39, 0.29) is 18.0 Å². The van der Waals surface area contributed by atoms with E-state index in [1.807, 2.05) is 22.3 Å². The zero-order chi connectivity index (χ0) is 15.4. The first-order valence-corrected chi connectivity index (χ1v) is 7.78. The van der Waals surface area contributed by atoms with E-state index in [1.54, 1.807) is 18.1 Å². The second kappa shape index (κ2) is 6.82. The Morgan fingerprint density at radius 2 is 2.29 bits per heavy atom. The second-order valence-corrected chi connectivity index (χ2v) is 5.93. The molecule has 0 aromatic carbocycles. The summed E-state index contributed by atoms with van der Waals surface area (Å²) in [6, 6.07) is 2.45. The van der Waals surface area contributed by atoms with Gasteiger partial charge in [0.1, 0.15) is 0 Å². The summed E-state index contributed by atoms with van der Waals surface area (Å²) in [5.74, 6) is -0.00969. The maximum absolute atomic E-state index is 11.3. The van der Waals surface area contributed by atoms with Crippen LogP contribution in [0, 0.1) is 0 Å². The summed E-state index contributed by atoms with van der Waals surface area (Å²) >= 11 is 1.48. The number of hydrogen-bond acceptors (Lipinski definition) is 5. The molecule has 0 fully saturated rings. The normalized spacial score (nSPS) is 13.9. The van der Waals surface area contributed by atoms with Gasteiger partial charge < -0.3 is 5.32 Å². The van der Waals surface area contributed by atoms with E-state index in [4.69, 9.17) is 0 Å². The molecule has 2 heterocycles. The minimum atomic E-state index is -0.00969. The second-order valence-electron chi connectivity index (χ2n) is 5.10. The molecule has 1 amide bonds. The lowest BCUT2D eigenvalue weighted by Crippen LogP contribution is -2.33. The Morgan fingerprint density at radius 3 is 2.90 bits per heavy atom. The molecule has 0 aliphatic rings. The summed E-state index contributed by atoms with van der Waals surface area (Å²) in [6.07, 6.45) is 3.75. The Bertz CT molecular complexity index is 580. The lowest BCUT2D eigenvalue weighted by atomic mass is 10.2. The first-order chi connectivity index (χ1) is 9.99. The van der Waals surface area contributed by atoms with E-state index in [0.717, 1.165) is 10.8 Å². The van der Waals surface area contributed by atoms with Gasteiger partial charge in [0.25, 0.3) is 0 Å². The molecule has 0 radical (unpaired) electrons. The SMILES string of the molecule is CC(=O)N(C)c1nc(CN[C@@H](C)[C@H](C)n2cccn2)cs1. The average Bonchev–Trinajstić information content (AvgIpc) is 3.14. The van der Waals surface area contributed by atoms with Gasteiger partial charge in [-0.25, -0.2) is 4.98 Å². The van der Waals surface area contributed by atoms with Crippen LogP contribution in [0.5, 0.6) is 0 Å². The van der Waals surface area contributed by atoms with Gasteiger partial charge in [-0.15, -0.1) is 11.3 Å². The van der Waals surface area contributed by atoms with Crippen molar-refractivity contribution < 1.29 is 4.79 Å². The zero-order valence-electron chi connectivity index (χ0n) is 12.8. The summed E-state index contributed by atoms with van der Waals surface area (Å²) in [6.45, 7) is 6.46. The van der Waals surface area contributed by atoms with Crippen LogP contribution in [0.15, 0.2) is 23.8 Å². The molecule has 0 saturated carbocycles. The van der Waals surface area contributed by atoms with Crippen molar-refractivity contribution in [2.75, 3.05) is 11.9 Å².